The molecule has 536 valence electrons. The molecule has 24 heteroatoms. The van der Waals surface area contributed by atoms with Gasteiger partial charge >= 0.3 is 15.2 Å². The number of nitrogens with two attached hydrogens (primary N) is 1. The number of nitrogens with zero attached hydrogens (tertiary/aromatic N) is 8. The third-order valence-electron chi connectivity index (χ3n) is 15.4. The molecule has 6 atom stereocenters. The first-order valence-corrected chi connectivity index (χ1v) is 42.4. The first-order valence-electron chi connectivity index (χ1n) is 35.9. The molecule has 2 unspecified atom stereocenters. The van der Waals surface area contributed by atoms with Crippen LogP contribution in [0.2, 0.25) is 0 Å². The standard InChI is InChI=1S/C18H32N5O11P3S.4C12H27N/c1-2-3-4-5-6-38-18-21-15(19)12-16(22-18)23(8-20-12)17-14(25)13(24)11(34-17)7-33-37(31,32)10-35(26,27)9-36(28,29)30;4*1-4-7-10-13(11-8-5-2)12-9-6-3/h8,11,13-14,17,24-25H,2-7,9-10H2,1H3,(H,26,27)(H,31,32)(H2,19,21,22)(H2,28,29,30);4*4-12H2,1-3H3/t11-,13-,14-,17-;;;;/m1..../s1. The molecule has 8 N–H and O–H groups in total. The van der Waals surface area contributed by atoms with Gasteiger partial charge in [0.25, 0.3) is 0 Å². The number of aliphatic hydroxyl groups is 2. The van der Waals surface area contributed by atoms with Crippen LogP contribution in [0.4, 0.5) is 5.82 Å². The van der Waals surface area contributed by atoms with E-state index in [1.54, 1.807) is 0 Å². The van der Waals surface area contributed by atoms with Crippen molar-refractivity contribution in [2.45, 2.75) is 299 Å². The minimum atomic E-state index is -4.93. The van der Waals surface area contributed by atoms with Crippen molar-refractivity contribution in [1.29, 1.82) is 0 Å². The monoisotopic (exact) mass is 1360 g/mol. The first-order chi connectivity index (χ1) is 43.0. The van der Waals surface area contributed by atoms with Gasteiger partial charge in [-0.05, 0) is 162 Å². The second-order valence-electron chi connectivity index (χ2n) is 24.5. The lowest BCUT2D eigenvalue weighted by Crippen LogP contribution is -2.33. The van der Waals surface area contributed by atoms with E-state index in [0.717, 1.165) is 31.4 Å². The molecule has 0 saturated carbocycles. The number of hydrogen-bond donors (Lipinski definition) is 7. The maximum atomic E-state index is 12.3. The highest BCUT2D eigenvalue weighted by atomic mass is 32.2. The number of hydrogen-bond acceptors (Lipinski definition) is 16. The average molecular weight is 1360 g/mol. The van der Waals surface area contributed by atoms with E-state index in [-0.39, 0.29) is 17.0 Å². The summed E-state index contributed by atoms with van der Waals surface area (Å²) < 4.78 is 47.0. The Kier molecular flexibility index (Phi) is 58.7. The van der Waals surface area contributed by atoms with Gasteiger partial charge in [-0.15, -0.1) is 0 Å². The quantitative estimate of drug-likeness (QED) is 0.0140. The zero-order valence-corrected chi connectivity index (χ0v) is 63.1. The van der Waals surface area contributed by atoms with Gasteiger partial charge in [-0.1, -0.05) is 198 Å². The number of thioether (sulfide) groups is 1. The van der Waals surface area contributed by atoms with Gasteiger partial charge in [-0.2, -0.15) is 0 Å². The van der Waals surface area contributed by atoms with Gasteiger partial charge in [-0.25, -0.2) is 15.0 Å². The Bertz CT molecular complexity index is 1930. The van der Waals surface area contributed by atoms with Crippen LogP contribution >= 0.6 is 34.3 Å². The molecule has 3 heterocycles. The van der Waals surface area contributed by atoms with Crippen molar-refractivity contribution in [2.24, 2.45) is 0 Å². The molecule has 0 bridgehead atoms. The third-order valence-corrected chi connectivity index (χ3v) is 23.4. The zero-order valence-electron chi connectivity index (χ0n) is 59.6. The number of unbranched alkanes of at least 4 members (excludes halogenated alkanes) is 15. The van der Waals surface area contributed by atoms with Crippen molar-refractivity contribution in [3.05, 3.63) is 6.33 Å². The number of aliphatic hydroxyl groups excluding tert-OH is 2. The molecule has 0 aliphatic carbocycles. The molecule has 1 fully saturated rings. The van der Waals surface area contributed by atoms with Crippen LogP contribution in [-0.4, -0.2) is 190 Å². The summed E-state index contributed by atoms with van der Waals surface area (Å²) in [6.07, 6.45) is 32.2. The summed E-state index contributed by atoms with van der Waals surface area (Å²) in [6.45, 7) is 44.4. The Morgan fingerprint density at radius 2 is 0.822 bits per heavy atom. The number of rotatable bonds is 50. The molecule has 20 nitrogen and oxygen atoms in total. The van der Waals surface area contributed by atoms with Crippen LogP contribution in [0.5, 0.6) is 0 Å². The molecule has 2 aromatic rings. The van der Waals surface area contributed by atoms with Gasteiger partial charge in [0.1, 0.15) is 35.6 Å². The number of fused-ring (bicyclic) bond motifs is 1. The fraction of sp³-hybridized carbons (Fsp3) is 0.924. The Labute approximate surface area is 554 Å². The second kappa shape index (κ2) is 58.1. The highest BCUT2D eigenvalue weighted by Gasteiger charge is 2.46. The van der Waals surface area contributed by atoms with Gasteiger partial charge in [0, 0.05) is 5.75 Å². The number of imidazole rings is 1. The molecule has 2 aromatic heterocycles. The highest BCUT2D eigenvalue weighted by molar-refractivity contribution is 7.99. The number of anilines is 1. The van der Waals surface area contributed by atoms with Crippen molar-refractivity contribution in [1.82, 2.24) is 39.1 Å². The number of nitrogen functional groups attached to an aromatic ring is 1. The molecular weight excluding hydrogens is 1220 g/mol. The van der Waals surface area contributed by atoms with Crippen LogP contribution in [0.1, 0.15) is 276 Å². The fourth-order valence-electron chi connectivity index (χ4n) is 9.72. The molecule has 90 heavy (non-hydrogen) atoms. The summed E-state index contributed by atoms with van der Waals surface area (Å²) in [5.74, 6) is -2.02. The molecule has 1 aliphatic rings. The summed E-state index contributed by atoms with van der Waals surface area (Å²) in [5.41, 5.74) is 6.51. The number of aromatic nitrogens is 4. The second-order valence-corrected chi connectivity index (χ2v) is 32.4. The lowest BCUT2D eigenvalue weighted by atomic mass is 10.1. The largest absolute Gasteiger partial charge is 0.387 e. The van der Waals surface area contributed by atoms with E-state index in [0.29, 0.717) is 5.16 Å². The van der Waals surface area contributed by atoms with Crippen molar-refractivity contribution in [3.63, 3.8) is 0 Å². The van der Waals surface area contributed by atoms with E-state index in [1.807, 2.05) is 0 Å². The third kappa shape index (κ3) is 46.9. The minimum absolute atomic E-state index is 0.114. The zero-order chi connectivity index (χ0) is 68.1. The molecule has 0 aromatic carbocycles. The summed E-state index contributed by atoms with van der Waals surface area (Å²) >= 11 is 1.41. The first kappa shape index (κ1) is 91.0. The maximum Gasteiger partial charge on any atom is 0.337 e. The van der Waals surface area contributed by atoms with E-state index in [4.69, 9.17) is 24.8 Å². The van der Waals surface area contributed by atoms with Crippen molar-refractivity contribution < 1.29 is 52.7 Å². The fourth-order valence-corrected chi connectivity index (χ4v) is 17.0. The van der Waals surface area contributed by atoms with E-state index in [1.165, 1.54) is 255 Å². The van der Waals surface area contributed by atoms with Crippen molar-refractivity contribution in [2.75, 3.05) is 108 Å². The Morgan fingerprint density at radius 1 is 0.489 bits per heavy atom. The SMILES string of the molecule is CCCCCCSc1nc(N)c2ncn([C@@H]3O[C@H](COP(=O)(O)CP(=O)(O)CP(=O)(O)O)[C@@H](O)[C@H]3O)c2n1.CCCCN(CCCC)CCCC.CCCCN(CCCC)CCCC.CCCCN(CCCC)CCCC.CCCCN(CCCC)CCCC. The van der Waals surface area contributed by atoms with Crippen molar-refractivity contribution >= 4 is 51.3 Å². The van der Waals surface area contributed by atoms with Crippen LogP contribution in [0, 0.1) is 0 Å². The summed E-state index contributed by atoms with van der Waals surface area (Å²) in [7, 11) is -14.5. The molecule has 1 aliphatic heterocycles. The van der Waals surface area contributed by atoms with E-state index in [2.05, 4.69) is 125 Å². The summed E-state index contributed by atoms with van der Waals surface area (Å²) in [4.78, 5) is 60.8. The van der Waals surface area contributed by atoms with E-state index < -0.39 is 65.5 Å². The van der Waals surface area contributed by atoms with Gasteiger partial charge in [0.15, 0.2) is 22.8 Å². The van der Waals surface area contributed by atoms with Gasteiger partial charge in [0.05, 0.1) is 12.9 Å². The Balaban J connectivity index is 0. The van der Waals surface area contributed by atoms with Crippen LogP contribution in [0.25, 0.3) is 11.2 Å². The topological polar surface area (TPSA) is 274 Å². The molecule has 0 amide bonds. The number of ether oxygens (including phenoxy) is 1. The minimum Gasteiger partial charge on any atom is -0.387 e. The molecule has 3 rings (SSSR count). The van der Waals surface area contributed by atoms with E-state index in [9.17, 15) is 33.7 Å². The molecule has 0 radical (unpaired) electrons. The molecule has 1 saturated heterocycles. The summed E-state index contributed by atoms with van der Waals surface area (Å²) in [6, 6.07) is 0. The predicted octanol–water partition coefficient (Wildman–Crippen LogP) is 16.0. The van der Waals surface area contributed by atoms with Crippen LogP contribution < -0.4 is 5.73 Å². The van der Waals surface area contributed by atoms with Crippen LogP contribution in [-0.2, 0) is 23.0 Å². The van der Waals surface area contributed by atoms with Crippen LogP contribution in [0.15, 0.2) is 11.5 Å². The Hall–Kier alpha value is -1.09. The summed E-state index contributed by atoms with van der Waals surface area (Å²) in [5, 5.41) is 21.4. The molecular formula is C66H140N9O11P3S. The lowest BCUT2D eigenvalue weighted by Gasteiger charge is -2.21. The smallest absolute Gasteiger partial charge is 0.337 e. The highest BCUT2D eigenvalue weighted by Crippen LogP contribution is 2.63. The van der Waals surface area contributed by atoms with Crippen molar-refractivity contribution in [3.8, 4) is 0 Å². The lowest BCUT2D eigenvalue weighted by molar-refractivity contribution is -0.0484. The van der Waals surface area contributed by atoms with E-state index >= 15 is 0 Å². The predicted molar refractivity (Wildman–Crippen MR) is 383 cm³/mol. The average Bonchev–Trinajstić information content (AvgIpc) is 1.63. The van der Waals surface area contributed by atoms with Crippen LogP contribution in [0.3, 0.4) is 0 Å². The molecule has 0 spiro atoms. The Morgan fingerprint density at radius 3 is 1.13 bits per heavy atom. The van der Waals surface area contributed by atoms with Gasteiger partial charge < -0.3 is 64.4 Å². The maximum absolute atomic E-state index is 12.3. The normalized spacial score (nSPS) is 17.1. The van der Waals surface area contributed by atoms with Gasteiger partial charge in [0.2, 0.25) is 7.37 Å². The van der Waals surface area contributed by atoms with Gasteiger partial charge in [-0.3, -0.25) is 18.3 Å².